The molecule has 45 heavy (non-hydrogen) atoms. The normalized spacial score (nSPS) is 15.0. The van der Waals surface area contributed by atoms with Gasteiger partial charge in [0, 0.05) is 16.5 Å². The number of para-hydroxylation sites is 1. The molecule has 0 bridgehead atoms. The lowest BCUT2D eigenvalue weighted by atomic mass is 9.71. The van der Waals surface area contributed by atoms with Gasteiger partial charge in [-0.2, -0.15) is 0 Å². The van der Waals surface area contributed by atoms with Crippen molar-refractivity contribution in [3.05, 3.63) is 153 Å². The largest absolute Gasteiger partial charge is 0.309 e. The Labute approximate surface area is 261 Å². The van der Waals surface area contributed by atoms with Gasteiger partial charge in [-0.25, -0.2) is 4.39 Å². The Morgan fingerprint density at radius 2 is 1.29 bits per heavy atom. The molecule has 0 fully saturated rings. The smallest absolute Gasteiger partial charge is 0.197 e. The molecule has 0 amide bonds. The Morgan fingerprint density at radius 1 is 0.667 bits per heavy atom. The van der Waals surface area contributed by atoms with Gasteiger partial charge in [0.1, 0.15) is 5.82 Å². The SMILES string of the molecule is Cc1cc(F)cc(C)c1N1c2ccccc2C(C)(C)c2c1ccc1cc(C=C3C(=O)c4cc5ccccc5cc4C3=O)ccc21. The number of rotatable bonds is 2. The van der Waals surface area contributed by atoms with Gasteiger partial charge in [0.25, 0.3) is 0 Å². The molecule has 0 spiro atoms. The fraction of sp³-hybridized carbons (Fsp3) is 0.122. The fourth-order valence-electron chi connectivity index (χ4n) is 7.54. The van der Waals surface area contributed by atoms with Gasteiger partial charge in [-0.1, -0.05) is 74.5 Å². The van der Waals surface area contributed by atoms with Crippen LogP contribution in [-0.4, -0.2) is 11.6 Å². The lowest BCUT2D eigenvalue weighted by Gasteiger charge is -2.43. The summed E-state index contributed by atoms with van der Waals surface area (Å²) in [5.41, 5.74) is 8.81. The maximum absolute atomic E-state index is 14.4. The minimum Gasteiger partial charge on any atom is -0.309 e. The third-order valence-electron chi connectivity index (χ3n) is 9.56. The number of benzene rings is 6. The Kier molecular flexibility index (Phi) is 5.79. The number of nitrogens with zero attached hydrogens (tertiary/aromatic N) is 1. The Hall–Kier alpha value is -5.35. The van der Waals surface area contributed by atoms with Crippen molar-refractivity contribution in [2.24, 2.45) is 0 Å². The maximum atomic E-state index is 14.4. The van der Waals surface area contributed by atoms with Gasteiger partial charge < -0.3 is 4.90 Å². The number of halogens is 1. The van der Waals surface area contributed by atoms with Crippen molar-refractivity contribution in [1.82, 2.24) is 0 Å². The molecule has 1 aliphatic carbocycles. The number of allylic oxidation sites excluding steroid dienone is 1. The number of carbonyl (C=O) groups is 2. The van der Waals surface area contributed by atoms with Crippen molar-refractivity contribution in [3.63, 3.8) is 0 Å². The van der Waals surface area contributed by atoms with Gasteiger partial charge in [0.15, 0.2) is 11.6 Å². The van der Waals surface area contributed by atoms with Crippen molar-refractivity contribution in [1.29, 1.82) is 0 Å². The van der Waals surface area contributed by atoms with E-state index >= 15 is 0 Å². The fourth-order valence-corrected chi connectivity index (χ4v) is 7.54. The molecule has 0 atom stereocenters. The lowest BCUT2D eigenvalue weighted by Crippen LogP contribution is -2.31. The van der Waals surface area contributed by atoms with Crippen LogP contribution in [0, 0.1) is 19.7 Å². The molecule has 0 unspecified atom stereocenters. The molecule has 4 heteroatoms. The molecule has 0 N–H and O–H groups in total. The van der Waals surface area contributed by atoms with Crippen molar-refractivity contribution in [3.8, 4) is 0 Å². The standard InChI is InChI=1S/C41H30FNO2/c1-23-17-29(42)18-24(2)38(23)43-35-12-8-7-11-34(35)41(3,4)37-30-15-13-25(19-28(30)14-16-36(37)43)20-33-39(44)31-21-26-9-5-6-10-27(26)22-32(31)40(33)45/h5-22H,1-4H3. The molecular weight excluding hydrogens is 557 g/mol. The summed E-state index contributed by atoms with van der Waals surface area (Å²) in [7, 11) is 0. The first-order valence-corrected chi connectivity index (χ1v) is 15.2. The Morgan fingerprint density at radius 3 is 1.96 bits per heavy atom. The summed E-state index contributed by atoms with van der Waals surface area (Å²) in [6, 6.07) is 33.4. The molecule has 0 radical (unpaired) electrons. The molecule has 218 valence electrons. The molecule has 3 nitrogen and oxygen atoms in total. The average molecular weight is 588 g/mol. The third-order valence-corrected chi connectivity index (χ3v) is 9.56. The number of aryl methyl sites for hydroxylation is 2. The molecule has 2 aliphatic rings. The monoisotopic (exact) mass is 587 g/mol. The summed E-state index contributed by atoms with van der Waals surface area (Å²) in [6.07, 6.45) is 1.73. The molecule has 1 aliphatic heterocycles. The number of fused-ring (bicyclic) bond motifs is 6. The molecular formula is C41H30FNO2. The predicted octanol–water partition coefficient (Wildman–Crippen LogP) is 10.3. The van der Waals surface area contributed by atoms with E-state index in [4.69, 9.17) is 0 Å². The first kappa shape index (κ1) is 27.2. The Balaban J connectivity index is 1.28. The zero-order valence-electron chi connectivity index (χ0n) is 25.5. The second-order valence-electron chi connectivity index (χ2n) is 12.8. The minimum atomic E-state index is -0.329. The molecule has 0 saturated heterocycles. The van der Waals surface area contributed by atoms with E-state index < -0.39 is 0 Å². The van der Waals surface area contributed by atoms with Crippen LogP contribution in [0.1, 0.15) is 62.4 Å². The van der Waals surface area contributed by atoms with E-state index in [1.165, 1.54) is 11.1 Å². The summed E-state index contributed by atoms with van der Waals surface area (Å²) in [5, 5.41) is 4.00. The molecule has 6 aromatic carbocycles. The van der Waals surface area contributed by atoms with E-state index in [0.29, 0.717) is 11.1 Å². The van der Waals surface area contributed by atoms with Gasteiger partial charge >= 0.3 is 0 Å². The number of carbonyl (C=O) groups excluding carboxylic acids is 2. The van der Waals surface area contributed by atoms with E-state index in [0.717, 1.165) is 55.3 Å². The van der Waals surface area contributed by atoms with Crippen LogP contribution < -0.4 is 4.90 Å². The molecule has 1 heterocycles. The van der Waals surface area contributed by atoms with Crippen molar-refractivity contribution >= 4 is 56.2 Å². The van der Waals surface area contributed by atoms with Gasteiger partial charge in [-0.05, 0) is 112 Å². The molecule has 0 saturated carbocycles. The summed E-state index contributed by atoms with van der Waals surface area (Å²) in [5.74, 6) is -0.704. The van der Waals surface area contributed by atoms with Crippen LogP contribution >= 0.6 is 0 Å². The van der Waals surface area contributed by atoms with E-state index in [-0.39, 0.29) is 28.4 Å². The van der Waals surface area contributed by atoms with E-state index in [1.807, 2.05) is 56.3 Å². The van der Waals surface area contributed by atoms with Crippen LogP contribution in [0.5, 0.6) is 0 Å². The number of anilines is 3. The predicted molar refractivity (Wildman–Crippen MR) is 181 cm³/mol. The van der Waals surface area contributed by atoms with Gasteiger partial charge in [0.05, 0.1) is 22.6 Å². The third kappa shape index (κ3) is 3.95. The van der Waals surface area contributed by atoms with Crippen molar-refractivity contribution < 1.29 is 14.0 Å². The van der Waals surface area contributed by atoms with Crippen LogP contribution in [-0.2, 0) is 5.41 Å². The first-order chi connectivity index (χ1) is 21.6. The van der Waals surface area contributed by atoms with Crippen LogP contribution in [0.4, 0.5) is 21.5 Å². The highest BCUT2D eigenvalue weighted by Gasteiger charge is 2.39. The second-order valence-corrected chi connectivity index (χ2v) is 12.8. The van der Waals surface area contributed by atoms with Crippen LogP contribution in [0.2, 0.25) is 0 Å². The number of hydrogen-bond acceptors (Lipinski definition) is 3. The summed E-state index contributed by atoms with van der Waals surface area (Å²) in [6.45, 7) is 8.42. The van der Waals surface area contributed by atoms with Gasteiger partial charge in [0.2, 0.25) is 0 Å². The van der Waals surface area contributed by atoms with Crippen LogP contribution in [0.3, 0.4) is 0 Å². The summed E-state index contributed by atoms with van der Waals surface area (Å²) in [4.78, 5) is 29.2. The average Bonchev–Trinajstić information content (AvgIpc) is 3.24. The van der Waals surface area contributed by atoms with Gasteiger partial charge in [-0.15, -0.1) is 0 Å². The number of Topliss-reactive ketones (excluding diaryl/α,β-unsaturated/α-hetero) is 2. The zero-order chi connectivity index (χ0) is 31.2. The van der Waals surface area contributed by atoms with Gasteiger partial charge in [-0.3, -0.25) is 9.59 Å². The quantitative estimate of drug-likeness (QED) is 0.149. The van der Waals surface area contributed by atoms with E-state index in [9.17, 15) is 14.0 Å². The highest BCUT2D eigenvalue weighted by atomic mass is 19.1. The molecule has 6 aromatic rings. The minimum absolute atomic E-state index is 0.195. The number of hydrogen-bond donors (Lipinski definition) is 0. The van der Waals surface area contributed by atoms with Crippen molar-refractivity contribution in [2.75, 3.05) is 4.90 Å². The first-order valence-electron chi connectivity index (χ1n) is 15.2. The van der Waals surface area contributed by atoms with Crippen molar-refractivity contribution in [2.45, 2.75) is 33.1 Å². The lowest BCUT2D eigenvalue weighted by molar-refractivity contribution is 0.0990. The Bertz CT molecular complexity index is 2250. The summed E-state index contributed by atoms with van der Waals surface area (Å²) < 4.78 is 14.4. The van der Waals surface area contributed by atoms with Crippen LogP contribution in [0.15, 0.2) is 109 Å². The number of ketones is 2. The highest BCUT2D eigenvalue weighted by Crippen LogP contribution is 2.55. The maximum Gasteiger partial charge on any atom is 0.197 e. The van der Waals surface area contributed by atoms with E-state index in [1.54, 1.807) is 18.2 Å². The van der Waals surface area contributed by atoms with Crippen LogP contribution in [0.25, 0.3) is 27.6 Å². The zero-order valence-corrected chi connectivity index (χ0v) is 25.5. The topological polar surface area (TPSA) is 37.4 Å². The highest BCUT2D eigenvalue weighted by molar-refractivity contribution is 6.42. The molecule has 8 rings (SSSR count). The second kappa shape index (κ2) is 9.57. The summed E-state index contributed by atoms with van der Waals surface area (Å²) >= 11 is 0. The van der Waals surface area contributed by atoms with E-state index in [2.05, 4.69) is 67.3 Å². The molecule has 0 aromatic heterocycles.